The molecule has 2 heteroatoms. The standard InChI is InChI=1S/C13H18OSi/c1-4-15(5-2)14-12(3)11-13-9-7-6-8-10-13/h4-10,12,15H,1-2,11H2,3H3. The second-order valence-corrected chi connectivity index (χ2v) is 5.72. The van der Waals surface area contributed by atoms with E-state index in [0.717, 1.165) is 6.42 Å². The zero-order valence-electron chi connectivity index (χ0n) is 9.23. The van der Waals surface area contributed by atoms with E-state index < -0.39 is 9.04 Å². The van der Waals surface area contributed by atoms with Crippen molar-refractivity contribution in [2.24, 2.45) is 0 Å². The highest BCUT2D eigenvalue weighted by Gasteiger charge is 2.08. The summed E-state index contributed by atoms with van der Waals surface area (Å²) in [6, 6.07) is 10.4. The number of rotatable bonds is 6. The third-order valence-corrected chi connectivity index (χ3v) is 3.93. The molecule has 0 aliphatic carbocycles. The van der Waals surface area contributed by atoms with Crippen LogP contribution in [-0.4, -0.2) is 15.1 Å². The quantitative estimate of drug-likeness (QED) is 0.667. The molecule has 0 bridgehead atoms. The second-order valence-electron chi connectivity index (χ2n) is 3.57. The Kier molecular flexibility index (Phi) is 5.08. The maximum absolute atomic E-state index is 5.86. The molecule has 0 aliphatic rings. The van der Waals surface area contributed by atoms with E-state index in [9.17, 15) is 0 Å². The zero-order valence-corrected chi connectivity index (χ0v) is 10.4. The SMILES string of the molecule is C=C[SiH](C=C)OC(C)Cc1ccccc1. The highest BCUT2D eigenvalue weighted by atomic mass is 28.3. The fourth-order valence-corrected chi connectivity index (χ4v) is 2.52. The van der Waals surface area contributed by atoms with Gasteiger partial charge in [-0.05, 0) is 18.9 Å². The van der Waals surface area contributed by atoms with Gasteiger partial charge in [-0.25, -0.2) is 0 Å². The predicted molar refractivity (Wildman–Crippen MR) is 68.2 cm³/mol. The van der Waals surface area contributed by atoms with Crippen LogP contribution in [0.15, 0.2) is 54.9 Å². The fourth-order valence-electron chi connectivity index (χ4n) is 1.47. The van der Waals surface area contributed by atoms with Crippen molar-refractivity contribution in [1.82, 2.24) is 0 Å². The fraction of sp³-hybridized carbons (Fsp3) is 0.231. The first-order valence-corrected chi connectivity index (χ1v) is 7.01. The van der Waals surface area contributed by atoms with Gasteiger partial charge in [-0.15, -0.1) is 13.2 Å². The van der Waals surface area contributed by atoms with Crippen LogP contribution in [0.1, 0.15) is 12.5 Å². The Morgan fingerprint density at radius 1 is 1.27 bits per heavy atom. The largest absolute Gasteiger partial charge is 0.409 e. The van der Waals surface area contributed by atoms with Crippen molar-refractivity contribution < 1.29 is 4.43 Å². The lowest BCUT2D eigenvalue weighted by molar-refractivity contribution is 0.230. The Morgan fingerprint density at radius 2 is 1.87 bits per heavy atom. The van der Waals surface area contributed by atoms with Crippen LogP contribution in [0.25, 0.3) is 0 Å². The predicted octanol–water partition coefficient (Wildman–Crippen LogP) is 2.81. The Balaban J connectivity index is 2.45. The molecule has 80 valence electrons. The van der Waals surface area contributed by atoms with Gasteiger partial charge < -0.3 is 4.43 Å². The highest BCUT2D eigenvalue weighted by Crippen LogP contribution is 2.07. The Hall–Kier alpha value is -1.12. The van der Waals surface area contributed by atoms with Crippen molar-refractivity contribution in [3.8, 4) is 0 Å². The molecule has 0 aromatic heterocycles. The summed E-state index contributed by atoms with van der Waals surface area (Å²) in [6.45, 7) is 9.61. The Bertz CT molecular complexity index is 300. The van der Waals surface area contributed by atoms with Crippen LogP contribution in [0.5, 0.6) is 0 Å². The molecule has 1 atom stereocenters. The van der Waals surface area contributed by atoms with Crippen LogP contribution in [0.4, 0.5) is 0 Å². The van der Waals surface area contributed by atoms with Crippen molar-refractivity contribution >= 4 is 9.04 Å². The van der Waals surface area contributed by atoms with Crippen LogP contribution in [0.3, 0.4) is 0 Å². The average molecular weight is 218 g/mol. The van der Waals surface area contributed by atoms with Crippen molar-refractivity contribution in [3.63, 3.8) is 0 Å². The lowest BCUT2D eigenvalue weighted by Gasteiger charge is -2.16. The van der Waals surface area contributed by atoms with Gasteiger partial charge in [0.05, 0.1) is 0 Å². The van der Waals surface area contributed by atoms with E-state index in [1.807, 2.05) is 17.5 Å². The molecule has 0 amide bonds. The summed E-state index contributed by atoms with van der Waals surface area (Å²) in [5.41, 5.74) is 5.11. The maximum atomic E-state index is 5.86. The molecule has 1 aromatic rings. The number of hydrogen-bond acceptors (Lipinski definition) is 1. The van der Waals surface area contributed by atoms with E-state index in [1.165, 1.54) is 5.56 Å². The zero-order chi connectivity index (χ0) is 11.1. The van der Waals surface area contributed by atoms with Crippen LogP contribution in [-0.2, 0) is 10.8 Å². The van der Waals surface area contributed by atoms with E-state index in [1.54, 1.807) is 0 Å². The molecule has 0 heterocycles. The molecule has 1 aromatic carbocycles. The first kappa shape index (κ1) is 11.9. The summed E-state index contributed by atoms with van der Waals surface area (Å²) in [6.07, 6.45) is 1.19. The molecule has 0 radical (unpaired) electrons. The molecule has 1 nitrogen and oxygen atoms in total. The summed E-state index contributed by atoms with van der Waals surface area (Å²) in [4.78, 5) is 0. The molecule has 15 heavy (non-hydrogen) atoms. The maximum Gasteiger partial charge on any atom is 0.224 e. The lowest BCUT2D eigenvalue weighted by Crippen LogP contribution is -2.22. The van der Waals surface area contributed by atoms with E-state index in [4.69, 9.17) is 4.43 Å². The van der Waals surface area contributed by atoms with Crippen LogP contribution < -0.4 is 0 Å². The Morgan fingerprint density at radius 3 is 2.40 bits per heavy atom. The van der Waals surface area contributed by atoms with Crippen molar-refractivity contribution in [2.45, 2.75) is 19.4 Å². The number of benzene rings is 1. The van der Waals surface area contributed by atoms with Gasteiger partial charge in [-0.3, -0.25) is 0 Å². The van der Waals surface area contributed by atoms with E-state index >= 15 is 0 Å². The van der Waals surface area contributed by atoms with Crippen molar-refractivity contribution in [2.75, 3.05) is 0 Å². The monoisotopic (exact) mass is 218 g/mol. The summed E-state index contributed by atoms with van der Waals surface area (Å²) < 4.78 is 5.86. The van der Waals surface area contributed by atoms with Crippen molar-refractivity contribution in [3.05, 3.63) is 60.5 Å². The molecule has 1 rings (SSSR count). The van der Waals surface area contributed by atoms with Gasteiger partial charge in [0.15, 0.2) is 0 Å². The van der Waals surface area contributed by atoms with Gasteiger partial charge in [0.1, 0.15) is 0 Å². The van der Waals surface area contributed by atoms with Crippen LogP contribution in [0, 0.1) is 0 Å². The molecule has 0 aliphatic heterocycles. The molecule has 0 spiro atoms. The third kappa shape index (κ3) is 4.28. The van der Waals surface area contributed by atoms with Gasteiger partial charge in [0.2, 0.25) is 9.04 Å². The minimum Gasteiger partial charge on any atom is -0.409 e. The smallest absolute Gasteiger partial charge is 0.224 e. The molecular formula is C13H18OSi. The van der Waals surface area contributed by atoms with E-state index in [2.05, 4.69) is 44.3 Å². The summed E-state index contributed by atoms with van der Waals surface area (Å²) >= 11 is 0. The molecular weight excluding hydrogens is 200 g/mol. The molecule has 1 unspecified atom stereocenters. The first-order valence-electron chi connectivity index (χ1n) is 5.20. The minimum atomic E-state index is -1.36. The second kappa shape index (κ2) is 6.38. The summed E-state index contributed by atoms with van der Waals surface area (Å²) in [7, 11) is -1.36. The normalized spacial score (nSPS) is 12.4. The Labute approximate surface area is 93.8 Å². The molecule has 0 N–H and O–H groups in total. The van der Waals surface area contributed by atoms with Crippen molar-refractivity contribution in [1.29, 1.82) is 0 Å². The van der Waals surface area contributed by atoms with E-state index in [-0.39, 0.29) is 6.10 Å². The van der Waals surface area contributed by atoms with Crippen LogP contribution in [0.2, 0.25) is 0 Å². The lowest BCUT2D eigenvalue weighted by atomic mass is 10.1. The highest BCUT2D eigenvalue weighted by molar-refractivity contribution is 6.62. The number of hydrogen-bond donors (Lipinski definition) is 0. The molecule has 0 saturated carbocycles. The van der Waals surface area contributed by atoms with Gasteiger partial charge in [0.25, 0.3) is 0 Å². The molecule has 0 saturated heterocycles. The topological polar surface area (TPSA) is 9.23 Å². The minimum absolute atomic E-state index is 0.236. The van der Waals surface area contributed by atoms with Gasteiger partial charge >= 0.3 is 0 Å². The molecule has 0 fully saturated rings. The van der Waals surface area contributed by atoms with Gasteiger partial charge in [-0.1, -0.05) is 41.7 Å². The average Bonchev–Trinajstić information content (AvgIpc) is 2.27. The third-order valence-electron chi connectivity index (χ3n) is 2.22. The van der Waals surface area contributed by atoms with Gasteiger partial charge in [-0.2, -0.15) is 0 Å². The first-order chi connectivity index (χ1) is 7.26. The van der Waals surface area contributed by atoms with Crippen LogP contribution >= 0.6 is 0 Å². The van der Waals surface area contributed by atoms with Gasteiger partial charge in [0, 0.05) is 6.10 Å². The summed E-state index contributed by atoms with van der Waals surface area (Å²) in [5.74, 6) is 0. The van der Waals surface area contributed by atoms with E-state index in [0.29, 0.717) is 0 Å². The summed E-state index contributed by atoms with van der Waals surface area (Å²) in [5, 5.41) is 0.